The summed E-state index contributed by atoms with van der Waals surface area (Å²) in [6.45, 7) is 2.14. The number of carbonyl (C=O) groups excluding carboxylic acids is 4. The second-order valence-electron chi connectivity index (χ2n) is 8.00. The smallest absolute Gasteiger partial charge is 0.376 e. The summed E-state index contributed by atoms with van der Waals surface area (Å²) in [5.74, 6) is -2.13. The quantitative estimate of drug-likeness (QED) is 0.534. The number of ether oxygens (including phenoxy) is 1. The van der Waals surface area contributed by atoms with E-state index in [9.17, 15) is 19.2 Å². The molecule has 1 heterocycles. The first-order valence-corrected chi connectivity index (χ1v) is 11.0. The van der Waals surface area contributed by atoms with Gasteiger partial charge in [-0.15, -0.1) is 0 Å². The van der Waals surface area contributed by atoms with E-state index in [0.29, 0.717) is 19.4 Å². The van der Waals surface area contributed by atoms with Gasteiger partial charge in [-0.3, -0.25) is 14.4 Å². The number of rotatable bonds is 7. The highest BCUT2D eigenvalue weighted by atomic mass is 16.5. The molecule has 2 aromatic rings. The maximum atomic E-state index is 12.7. The fourth-order valence-electron chi connectivity index (χ4n) is 4.58. The molecule has 1 fully saturated rings. The number of amides is 2. The second kappa shape index (κ2) is 9.34. The van der Waals surface area contributed by atoms with Gasteiger partial charge in [0.25, 0.3) is 5.78 Å². The minimum atomic E-state index is -0.909. The van der Waals surface area contributed by atoms with Crippen molar-refractivity contribution in [1.82, 2.24) is 10.2 Å². The van der Waals surface area contributed by atoms with Crippen LogP contribution in [0.1, 0.15) is 49.8 Å². The van der Waals surface area contributed by atoms with Gasteiger partial charge in [0.15, 0.2) is 0 Å². The molecule has 0 spiro atoms. The molecule has 166 valence electrons. The molecule has 1 aliphatic carbocycles. The molecule has 0 aromatic heterocycles. The van der Waals surface area contributed by atoms with Crippen molar-refractivity contribution in [2.45, 2.75) is 44.7 Å². The Morgan fingerprint density at radius 3 is 2.22 bits per heavy atom. The molecule has 2 amide bonds. The third-order valence-electron chi connectivity index (χ3n) is 6.06. The molecule has 4 rings (SSSR count). The zero-order valence-electron chi connectivity index (χ0n) is 18.0. The van der Waals surface area contributed by atoms with E-state index in [-0.39, 0.29) is 37.3 Å². The Morgan fingerprint density at radius 1 is 0.969 bits per heavy atom. The van der Waals surface area contributed by atoms with Crippen molar-refractivity contribution in [3.8, 4) is 11.1 Å². The zero-order valence-corrected chi connectivity index (χ0v) is 18.0. The number of Topliss-reactive ketones (excluding diaryl/α,β-unsaturated/α-hetero) is 1. The van der Waals surface area contributed by atoms with Crippen molar-refractivity contribution >= 4 is 23.6 Å². The Kier molecular flexibility index (Phi) is 6.35. The topological polar surface area (TPSA) is 92.8 Å². The largest absolute Gasteiger partial charge is 0.460 e. The number of esters is 1. The molecule has 1 atom stereocenters. The van der Waals surface area contributed by atoms with Gasteiger partial charge in [0.05, 0.1) is 12.6 Å². The van der Waals surface area contributed by atoms with Crippen molar-refractivity contribution in [3.63, 3.8) is 0 Å². The van der Waals surface area contributed by atoms with E-state index in [1.807, 2.05) is 48.5 Å². The molecule has 0 radical (unpaired) electrons. The molecular formula is C25H26N2O5. The van der Waals surface area contributed by atoms with Crippen LogP contribution in [0.2, 0.25) is 0 Å². The van der Waals surface area contributed by atoms with E-state index >= 15 is 0 Å². The number of hydrogen-bond acceptors (Lipinski definition) is 5. The molecule has 0 unspecified atom stereocenters. The molecule has 32 heavy (non-hydrogen) atoms. The summed E-state index contributed by atoms with van der Waals surface area (Å²) < 4.78 is 4.78. The van der Waals surface area contributed by atoms with Gasteiger partial charge >= 0.3 is 5.97 Å². The molecule has 1 saturated heterocycles. The van der Waals surface area contributed by atoms with Crippen LogP contribution in [0.4, 0.5) is 0 Å². The Morgan fingerprint density at radius 2 is 1.59 bits per heavy atom. The van der Waals surface area contributed by atoms with Gasteiger partial charge in [0.1, 0.15) is 6.04 Å². The predicted octanol–water partition coefficient (Wildman–Crippen LogP) is 2.78. The van der Waals surface area contributed by atoms with Crippen LogP contribution in [-0.4, -0.2) is 47.7 Å². The van der Waals surface area contributed by atoms with Crippen LogP contribution in [-0.2, 0) is 23.9 Å². The summed E-state index contributed by atoms with van der Waals surface area (Å²) in [5, 5.41) is 3.06. The SMILES string of the molecule is CCOC(=O)C(=O)[C@@H]1CCCN1C(=O)CCC(=O)NC1c2ccccc2-c2ccccc21. The molecule has 1 N–H and O–H groups in total. The molecule has 0 bridgehead atoms. The lowest BCUT2D eigenvalue weighted by molar-refractivity contribution is -0.156. The van der Waals surface area contributed by atoms with Crippen molar-refractivity contribution in [2.75, 3.05) is 13.2 Å². The number of fused-ring (bicyclic) bond motifs is 3. The van der Waals surface area contributed by atoms with Crippen molar-refractivity contribution in [2.24, 2.45) is 0 Å². The number of carbonyl (C=O) groups is 4. The molecule has 0 saturated carbocycles. The van der Waals surface area contributed by atoms with E-state index in [1.54, 1.807) is 6.92 Å². The fourth-order valence-corrected chi connectivity index (χ4v) is 4.58. The lowest BCUT2D eigenvalue weighted by atomic mass is 10.1. The molecule has 1 aliphatic heterocycles. The van der Waals surface area contributed by atoms with E-state index in [0.717, 1.165) is 22.3 Å². The van der Waals surface area contributed by atoms with Crippen LogP contribution >= 0.6 is 0 Å². The summed E-state index contributed by atoms with van der Waals surface area (Å²) in [4.78, 5) is 50.9. The van der Waals surface area contributed by atoms with Crippen LogP contribution in [0.3, 0.4) is 0 Å². The molecular weight excluding hydrogens is 408 g/mol. The van der Waals surface area contributed by atoms with Crippen LogP contribution in [0.15, 0.2) is 48.5 Å². The van der Waals surface area contributed by atoms with Gasteiger partial charge in [-0.1, -0.05) is 48.5 Å². The predicted molar refractivity (Wildman–Crippen MR) is 117 cm³/mol. The minimum Gasteiger partial charge on any atom is -0.460 e. The van der Waals surface area contributed by atoms with Gasteiger partial charge in [-0.25, -0.2) is 4.79 Å². The highest BCUT2D eigenvalue weighted by molar-refractivity contribution is 6.36. The summed E-state index contributed by atoms with van der Waals surface area (Å²) in [6.07, 6.45) is 1.07. The highest BCUT2D eigenvalue weighted by Gasteiger charge is 2.38. The second-order valence-corrected chi connectivity index (χ2v) is 8.00. The minimum absolute atomic E-state index is 0.0104. The number of nitrogens with zero attached hydrogens (tertiary/aromatic N) is 1. The van der Waals surface area contributed by atoms with Crippen LogP contribution < -0.4 is 5.32 Å². The number of nitrogens with one attached hydrogen (secondary N) is 1. The Labute approximate surface area is 186 Å². The normalized spacial score (nSPS) is 16.9. The number of ketones is 1. The first kappa shape index (κ1) is 21.7. The van der Waals surface area contributed by atoms with Crippen LogP contribution in [0.25, 0.3) is 11.1 Å². The molecule has 2 aromatic carbocycles. The van der Waals surface area contributed by atoms with Gasteiger partial charge in [0.2, 0.25) is 11.8 Å². The monoisotopic (exact) mass is 434 g/mol. The lowest BCUT2D eigenvalue weighted by Crippen LogP contribution is -2.44. The average molecular weight is 434 g/mol. The summed E-state index contributed by atoms with van der Waals surface area (Å²) in [5.41, 5.74) is 4.27. The van der Waals surface area contributed by atoms with Gasteiger partial charge in [0, 0.05) is 19.4 Å². The Balaban J connectivity index is 1.38. The van der Waals surface area contributed by atoms with Crippen molar-refractivity contribution in [3.05, 3.63) is 59.7 Å². The Bertz CT molecular complexity index is 1020. The van der Waals surface area contributed by atoms with E-state index in [4.69, 9.17) is 4.74 Å². The summed E-state index contributed by atoms with van der Waals surface area (Å²) >= 11 is 0. The van der Waals surface area contributed by atoms with Gasteiger partial charge in [-0.2, -0.15) is 0 Å². The standard InChI is InChI=1S/C25H26N2O5/c1-2-32-25(31)24(30)20-12-7-15-27(20)22(29)14-13-21(28)26-23-18-10-5-3-8-16(18)17-9-4-6-11-19(17)23/h3-6,8-11,20,23H,2,7,12-15H2,1H3,(H,26,28)/t20-/m0/s1. The molecule has 2 aliphatic rings. The number of benzene rings is 2. The zero-order chi connectivity index (χ0) is 22.7. The summed E-state index contributed by atoms with van der Waals surface area (Å²) in [6, 6.07) is 14.9. The van der Waals surface area contributed by atoms with Crippen LogP contribution in [0.5, 0.6) is 0 Å². The third kappa shape index (κ3) is 4.15. The van der Waals surface area contributed by atoms with E-state index < -0.39 is 17.8 Å². The average Bonchev–Trinajstić information content (AvgIpc) is 3.41. The lowest BCUT2D eigenvalue weighted by Gasteiger charge is -2.23. The third-order valence-corrected chi connectivity index (χ3v) is 6.06. The fraction of sp³-hybridized carbons (Fsp3) is 0.360. The van der Waals surface area contributed by atoms with Gasteiger partial charge < -0.3 is 15.0 Å². The van der Waals surface area contributed by atoms with Gasteiger partial charge in [-0.05, 0) is 42.0 Å². The maximum Gasteiger partial charge on any atom is 0.376 e. The van der Waals surface area contributed by atoms with Crippen LogP contribution in [0, 0.1) is 0 Å². The highest BCUT2D eigenvalue weighted by Crippen LogP contribution is 2.43. The maximum absolute atomic E-state index is 12.7. The molecule has 7 nitrogen and oxygen atoms in total. The number of hydrogen-bond donors (Lipinski definition) is 1. The van der Waals surface area contributed by atoms with Crippen molar-refractivity contribution in [1.29, 1.82) is 0 Å². The molecule has 7 heteroatoms. The first-order chi connectivity index (χ1) is 15.5. The first-order valence-electron chi connectivity index (χ1n) is 11.0. The van der Waals surface area contributed by atoms with E-state index in [1.165, 1.54) is 4.90 Å². The van der Waals surface area contributed by atoms with Crippen molar-refractivity contribution < 1.29 is 23.9 Å². The number of likely N-dealkylation sites (tertiary alicyclic amines) is 1. The Hall–Kier alpha value is -3.48. The van der Waals surface area contributed by atoms with E-state index in [2.05, 4.69) is 5.32 Å². The summed E-state index contributed by atoms with van der Waals surface area (Å²) in [7, 11) is 0.